The van der Waals surface area contributed by atoms with Crippen LogP contribution < -0.4 is 21.4 Å². The van der Waals surface area contributed by atoms with Gasteiger partial charge in [-0.25, -0.2) is 0 Å². The summed E-state index contributed by atoms with van der Waals surface area (Å²) >= 11 is 0. The molecule has 4 rings (SSSR count). The third kappa shape index (κ3) is 3.18. The van der Waals surface area contributed by atoms with Gasteiger partial charge in [0.25, 0.3) is 0 Å². The van der Waals surface area contributed by atoms with Gasteiger partial charge in [0.15, 0.2) is 10.9 Å². The number of aromatic amines is 2. The van der Waals surface area contributed by atoms with Gasteiger partial charge in [0.05, 0.1) is 11.0 Å². The van der Waals surface area contributed by atoms with E-state index in [0.29, 0.717) is 32.4 Å². The predicted octanol–water partition coefficient (Wildman–Crippen LogP) is 3.71. The molecule has 4 aromatic rings. The lowest BCUT2D eigenvalue weighted by Crippen LogP contribution is -2.40. The van der Waals surface area contributed by atoms with Crippen LogP contribution in [0.25, 0.3) is 44.9 Å². The number of hydrogen-bond acceptors (Lipinski definition) is 2. The molecule has 0 saturated heterocycles. The van der Waals surface area contributed by atoms with Crippen LogP contribution >= 0.6 is 0 Å². The van der Waals surface area contributed by atoms with E-state index in [9.17, 15) is 9.59 Å². The maximum Gasteiger partial charge on any atom is 0.197 e. The van der Waals surface area contributed by atoms with Crippen LogP contribution in [0, 0.1) is 0 Å². The number of fused-ring (bicyclic) bond motifs is 3. The number of pyridine rings is 2. The van der Waals surface area contributed by atoms with Gasteiger partial charge in [0, 0.05) is 32.2 Å². The monoisotopic (exact) mass is 372 g/mol. The smallest absolute Gasteiger partial charge is 0.197 e. The lowest BCUT2D eigenvalue weighted by molar-refractivity contribution is 1.26. The van der Waals surface area contributed by atoms with Crippen molar-refractivity contribution in [2.45, 2.75) is 27.7 Å². The summed E-state index contributed by atoms with van der Waals surface area (Å²) < 4.78 is 0. The van der Waals surface area contributed by atoms with Crippen LogP contribution in [0.1, 0.15) is 27.7 Å². The van der Waals surface area contributed by atoms with Crippen LogP contribution in [0.5, 0.6) is 0 Å². The maximum absolute atomic E-state index is 12.9. The molecule has 0 amide bonds. The number of allylic oxidation sites excluding steroid dienone is 2. The molecule has 0 aliphatic carbocycles. The second-order valence-electron chi connectivity index (χ2n) is 6.21. The van der Waals surface area contributed by atoms with Gasteiger partial charge in [0.1, 0.15) is 0 Å². The summed E-state index contributed by atoms with van der Waals surface area (Å²) in [5.74, 6) is 0. The molecule has 0 bridgehead atoms. The summed E-state index contributed by atoms with van der Waals surface area (Å²) in [4.78, 5) is 32.4. The molecule has 28 heavy (non-hydrogen) atoms. The average molecular weight is 372 g/mol. The number of para-hydroxylation sites is 1. The fraction of sp³-hybridized carbons (Fsp3) is 0.167. The van der Waals surface area contributed by atoms with Crippen LogP contribution in [0.2, 0.25) is 0 Å². The summed E-state index contributed by atoms with van der Waals surface area (Å²) in [6.45, 7) is 7.77. The van der Waals surface area contributed by atoms with Crippen molar-refractivity contribution >= 4 is 44.9 Å². The van der Waals surface area contributed by atoms with Gasteiger partial charge in [0.2, 0.25) is 0 Å². The number of hydrogen-bond donors (Lipinski definition) is 2. The molecule has 142 valence electrons. The van der Waals surface area contributed by atoms with E-state index in [4.69, 9.17) is 0 Å². The minimum atomic E-state index is -0.0482. The Labute approximate surface area is 162 Å². The van der Waals surface area contributed by atoms with Crippen molar-refractivity contribution in [2.24, 2.45) is 0 Å². The third-order valence-corrected chi connectivity index (χ3v) is 4.64. The van der Waals surface area contributed by atoms with E-state index < -0.39 is 0 Å². The molecular weight excluding hydrogens is 348 g/mol. The molecule has 2 aromatic carbocycles. The number of aromatic nitrogens is 2. The minimum Gasteiger partial charge on any atom is -0.354 e. The fourth-order valence-electron chi connectivity index (χ4n) is 3.35. The highest BCUT2D eigenvalue weighted by molar-refractivity contribution is 5.99. The summed E-state index contributed by atoms with van der Waals surface area (Å²) in [6.07, 6.45) is 7.45. The Balaban J connectivity index is 0.00000109. The molecule has 0 radical (unpaired) electrons. The molecule has 4 nitrogen and oxygen atoms in total. The molecule has 0 aliphatic heterocycles. The fourth-order valence-corrected chi connectivity index (χ4v) is 3.35. The standard InChI is InChI=1S/C22H18N2O2.C2H6/c1-3-5-9-17-13(4-2)21(25)15-11-20-16(12-19(15)23-17)22(26)14-8-6-7-10-18(14)24-20;1-2/h3-12,23H,1-2H3,(H,24,26);1-2H3/b5-3-,13-4+,17-9+;. The summed E-state index contributed by atoms with van der Waals surface area (Å²) in [5, 5.41) is 3.13. The zero-order chi connectivity index (χ0) is 20.3. The van der Waals surface area contributed by atoms with Crippen molar-refractivity contribution in [1.82, 2.24) is 9.97 Å². The molecule has 4 heteroatoms. The highest BCUT2D eigenvalue weighted by Crippen LogP contribution is 2.18. The molecule has 0 saturated carbocycles. The first-order chi connectivity index (χ1) is 13.6. The van der Waals surface area contributed by atoms with Crippen molar-refractivity contribution in [3.63, 3.8) is 0 Å². The Morgan fingerprint density at radius 1 is 0.786 bits per heavy atom. The van der Waals surface area contributed by atoms with Crippen molar-refractivity contribution in [3.8, 4) is 0 Å². The van der Waals surface area contributed by atoms with E-state index in [1.807, 2.05) is 64.1 Å². The molecule has 0 atom stereocenters. The van der Waals surface area contributed by atoms with E-state index in [2.05, 4.69) is 9.97 Å². The molecule has 2 heterocycles. The van der Waals surface area contributed by atoms with Crippen molar-refractivity contribution in [1.29, 1.82) is 0 Å². The average Bonchev–Trinajstić information content (AvgIpc) is 2.73. The van der Waals surface area contributed by atoms with Crippen LogP contribution in [0.15, 0.2) is 58.1 Å². The van der Waals surface area contributed by atoms with Gasteiger partial charge in [-0.3, -0.25) is 9.59 Å². The number of H-pyrrole nitrogens is 2. The third-order valence-electron chi connectivity index (χ3n) is 4.64. The second kappa shape index (κ2) is 8.09. The van der Waals surface area contributed by atoms with Gasteiger partial charge >= 0.3 is 0 Å². The molecule has 2 N–H and O–H groups in total. The summed E-state index contributed by atoms with van der Waals surface area (Å²) in [7, 11) is 0. The molecule has 0 aliphatic rings. The Hall–Kier alpha value is -3.40. The summed E-state index contributed by atoms with van der Waals surface area (Å²) in [6, 6.07) is 10.9. The zero-order valence-electron chi connectivity index (χ0n) is 16.6. The maximum atomic E-state index is 12.9. The van der Waals surface area contributed by atoms with Crippen LogP contribution in [-0.2, 0) is 0 Å². The zero-order valence-corrected chi connectivity index (χ0v) is 16.6. The SMILES string of the molecule is CC.C\C=C/C=c1/[nH]c2cc3c(=O)c4ccccc4[nH]c3cc2c(=O)/c1=C/C. The van der Waals surface area contributed by atoms with Crippen molar-refractivity contribution in [3.05, 3.63) is 79.6 Å². The Morgan fingerprint density at radius 3 is 2.11 bits per heavy atom. The van der Waals surface area contributed by atoms with Crippen LogP contribution in [0.4, 0.5) is 0 Å². The Morgan fingerprint density at radius 2 is 1.43 bits per heavy atom. The topological polar surface area (TPSA) is 65.7 Å². The molecular formula is C24H24N2O2. The van der Waals surface area contributed by atoms with Gasteiger partial charge in [-0.05, 0) is 44.2 Å². The van der Waals surface area contributed by atoms with E-state index in [1.165, 1.54) is 0 Å². The molecule has 2 aromatic heterocycles. The lowest BCUT2D eigenvalue weighted by Gasteiger charge is -2.05. The normalized spacial score (nSPS) is 12.9. The van der Waals surface area contributed by atoms with Gasteiger partial charge in [-0.15, -0.1) is 0 Å². The second-order valence-corrected chi connectivity index (χ2v) is 6.21. The van der Waals surface area contributed by atoms with Gasteiger partial charge in [-0.2, -0.15) is 0 Å². The highest BCUT2D eigenvalue weighted by atomic mass is 16.1. The van der Waals surface area contributed by atoms with E-state index >= 15 is 0 Å². The molecule has 0 spiro atoms. The van der Waals surface area contributed by atoms with Crippen LogP contribution in [-0.4, -0.2) is 9.97 Å². The minimum absolute atomic E-state index is 0.0396. The van der Waals surface area contributed by atoms with Gasteiger partial charge < -0.3 is 9.97 Å². The van der Waals surface area contributed by atoms with Crippen molar-refractivity contribution in [2.75, 3.05) is 0 Å². The Bertz CT molecular complexity index is 1440. The van der Waals surface area contributed by atoms with E-state index in [0.717, 1.165) is 10.9 Å². The van der Waals surface area contributed by atoms with Crippen molar-refractivity contribution < 1.29 is 0 Å². The van der Waals surface area contributed by atoms with Crippen LogP contribution in [0.3, 0.4) is 0 Å². The lowest BCUT2D eigenvalue weighted by atomic mass is 10.1. The first kappa shape index (κ1) is 19.4. The first-order valence-corrected chi connectivity index (χ1v) is 9.54. The van der Waals surface area contributed by atoms with Gasteiger partial charge in [-0.1, -0.05) is 44.2 Å². The van der Waals surface area contributed by atoms with E-state index in [1.54, 1.807) is 24.3 Å². The molecule has 0 fully saturated rings. The number of nitrogens with one attached hydrogen (secondary N) is 2. The highest BCUT2D eigenvalue weighted by Gasteiger charge is 2.09. The number of rotatable bonds is 1. The number of benzene rings is 2. The van der Waals surface area contributed by atoms with E-state index in [-0.39, 0.29) is 10.9 Å². The molecule has 0 unspecified atom stereocenters. The quantitative estimate of drug-likeness (QED) is 0.500. The predicted molar refractivity (Wildman–Crippen MR) is 120 cm³/mol. The summed E-state index contributed by atoms with van der Waals surface area (Å²) in [5.41, 5.74) is 2.00. The first-order valence-electron chi connectivity index (χ1n) is 9.54. The Kier molecular flexibility index (Phi) is 5.59. The largest absolute Gasteiger partial charge is 0.354 e.